The summed E-state index contributed by atoms with van der Waals surface area (Å²) in [5.74, 6) is 0.849. The molecule has 0 spiro atoms. The largest absolute Gasteiger partial charge is 0.494 e. The van der Waals surface area contributed by atoms with Crippen LogP contribution >= 0.6 is 0 Å². The third-order valence-electron chi connectivity index (χ3n) is 2.86. The topological polar surface area (TPSA) is 59.6 Å². The molecule has 0 bridgehead atoms. The first-order valence-corrected chi connectivity index (χ1v) is 6.72. The Hall–Kier alpha value is -2.82. The van der Waals surface area contributed by atoms with Gasteiger partial charge >= 0.3 is 6.01 Å². The number of rotatable bonds is 5. The van der Waals surface area contributed by atoms with Gasteiger partial charge in [-0.3, -0.25) is 0 Å². The number of hydrazone groups is 1. The van der Waals surface area contributed by atoms with Crippen LogP contribution in [0.3, 0.4) is 0 Å². The van der Waals surface area contributed by atoms with Crippen LogP contribution in [-0.2, 0) is 0 Å². The number of aromatic nitrogens is 1. The summed E-state index contributed by atoms with van der Waals surface area (Å²) in [7, 11) is 0. The predicted molar refractivity (Wildman–Crippen MR) is 82.8 cm³/mol. The van der Waals surface area contributed by atoms with E-state index in [-0.39, 0.29) is 0 Å². The first kappa shape index (κ1) is 13.2. The lowest BCUT2D eigenvalue weighted by molar-refractivity contribution is 0.340. The highest BCUT2D eigenvalue weighted by Crippen LogP contribution is 2.17. The van der Waals surface area contributed by atoms with Crippen LogP contribution in [-0.4, -0.2) is 17.8 Å². The van der Waals surface area contributed by atoms with Crippen LogP contribution < -0.4 is 10.2 Å². The molecule has 1 N–H and O–H groups in total. The zero-order chi connectivity index (χ0) is 14.5. The molecule has 3 rings (SSSR count). The quantitative estimate of drug-likeness (QED) is 0.572. The normalized spacial score (nSPS) is 11.1. The lowest BCUT2D eigenvalue weighted by Gasteiger charge is -2.01. The molecule has 0 amide bonds. The molecule has 0 aliphatic rings. The molecular weight excluding hydrogens is 266 g/mol. The zero-order valence-electron chi connectivity index (χ0n) is 11.6. The van der Waals surface area contributed by atoms with Crippen molar-refractivity contribution >= 4 is 23.3 Å². The summed E-state index contributed by atoms with van der Waals surface area (Å²) >= 11 is 0. The van der Waals surface area contributed by atoms with Gasteiger partial charge in [-0.05, 0) is 48.9 Å². The molecule has 0 unspecified atom stereocenters. The molecule has 106 valence electrons. The average Bonchev–Trinajstić information content (AvgIpc) is 2.92. The second-order valence-corrected chi connectivity index (χ2v) is 4.36. The first-order valence-electron chi connectivity index (χ1n) is 6.72. The molecular formula is C16H15N3O2. The van der Waals surface area contributed by atoms with E-state index in [0.717, 1.165) is 22.4 Å². The van der Waals surface area contributed by atoms with Crippen molar-refractivity contribution in [3.8, 4) is 5.75 Å². The van der Waals surface area contributed by atoms with E-state index in [4.69, 9.17) is 9.15 Å². The van der Waals surface area contributed by atoms with Gasteiger partial charge in [-0.1, -0.05) is 12.1 Å². The average molecular weight is 281 g/mol. The van der Waals surface area contributed by atoms with Crippen LogP contribution in [0, 0.1) is 0 Å². The Morgan fingerprint density at radius 3 is 2.76 bits per heavy atom. The highest BCUT2D eigenvalue weighted by molar-refractivity contribution is 5.80. The number of ether oxygens (including phenoxy) is 1. The van der Waals surface area contributed by atoms with Gasteiger partial charge in [0.05, 0.1) is 12.8 Å². The number of hydrogen-bond acceptors (Lipinski definition) is 5. The van der Waals surface area contributed by atoms with Crippen LogP contribution in [0.25, 0.3) is 11.1 Å². The maximum atomic E-state index is 5.50. The summed E-state index contributed by atoms with van der Waals surface area (Å²) in [6, 6.07) is 15.6. The maximum Gasteiger partial charge on any atom is 0.316 e. The summed E-state index contributed by atoms with van der Waals surface area (Å²) < 4.78 is 10.9. The number of oxazole rings is 1. The number of benzene rings is 2. The number of anilines is 1. The summed E-state index contributed by atoms with van der Waals surface area (Å²) in [6.07, 6.45) is 1.70. The minimum Gasteiger partial charge on any atom is -0.494 e. The molecule has 3 aromatic rings. The first-order chi connectivity index (χ1) is 10.3. The van der Waals surface area contributed by atoms with Crippen LogP contribution in [0.5, 0.6) is 5.75 Å². The van der Waals surface area contributed by atoms with E-state index >= 15 is 0 Å². The van der Waals surface area contributed by atoms with Gasteiger partial charge in [0.1, 0.15) is 11.3 Å². The van der Waals surface area contributed by atoms with E-state index in [0.29, 0.717) is 12.6 Å². The zero-order valence-corrected chi connectivity index (χ0v) is 11.6. The van der Waals surface area contributed by atoms with Crippen molar-refractivity contribution in [2.45, 2.75) is 6.92 Å². The second-order valence-electron chi connectivity index (χ2n) is 4.36. The van der Waals surface area contributed by atoms with Gasteiger partial charge < -0.3 is 9.15 Å². The number of fused-ring (bicyclic) bond motifs is 1. The highest BCUT2D eigenvalue weighted by Gasteiger charge is 2.02. The molecule has 21 heavy (non-hydrogen) atoms. The minimum absolute atomic E-state index is 0.374. The van der Waals surface area contributed by atoms with Crippen molar-refractivity contribution in [1.82, 2.24) is 4.98 Å². The Balaban J connectivity index is 1.66. The fraction of sp³-hybridized carbons (Fsp3) is 0.125. The Morgan fingerprint density at radius 1 is 1.19 bits per heavy atom. The van der Waals surface area contributed by atoms with Gasteiger partial charge in [-0.25, -0.2) is 5.43 Å². The van der Waals surface area contributed by atoms with Crippen molar-refractivity contribution in [1.29, 1.82) is 0 Å². The summed E-state index contributed by atoms with van der Waals surface area (Å²) in [5.41, 5.74) is 5.28. The van der Waals surface area contributed by atoms with Crippen molar-refractivity contribution in [2.24, 2.45) is 5.10 Å². The molecule has 0 aliphatic carbocycles. The molecule has 0 fully saturated rings. The molecule has 0 atom stereocenters. The van der Waals surface area contributed by atoms with E-state index in [1.54, 1.807) is 6.21 Å². The van der Waals surface area contributed by atoms with Crippen molar-refractivity contribution in [3.63, 3.8) is 0 Å². The van der Waals surface area contributed by atoms with Crippen LogP contribution in [0.15, 0.2) is 58.0 Å². The summed E-state index contributed by atoms with van der Waals surface area (Å²) in [4.78, 5) is 4.27. The number of hydrogen-bond donors (Lipinski definition) is 1. The van der Waals surface area contributed by atoms with E-state index in [2.05, 4.69) is 15.5 Å². The third-order valence-corrected chi connectivity index (χ3v) is 2.86. The lowest BCUT2D eigenvalue weighted by atomic mass is 10.2. The number of nitrogens with one attached hydrogen (secondary N) is 1. The van der Waals surface area contributed by atoms with Crippen molar-refractivity contribution in [2.75, 3.05) is 12.0 Å². The van der Waals surface area contributed by atoms with Crippen molar-refractivity contribution in [3.05, 3.63) is 54.1 Å². The van der Waals surface area contributed by atoms with Crippen LogP contribution in [0.4, 0.5) is 6.01 Å². The molecule has 0 aliphatic heterocycles. The fourth-order valence-electron chi connectivity index (χ4n) is 1.90. The summed E-state index contributed by atoms with van der Waals surface area (Å²) in [5, 5.41) is 4.11. The predicted octanol–water partition coefficient (Wildman–Crippen LogP) is 3.67. The third kappa shape index (κ3) is 3.20. The standard InChI is InChI=1S/C16H15N3O2/c1-2-20-13-9-7-12(8-10-13)11-17-19-16-18-14-5-3-4-6-15(14)21-16/h3-11H,2H2,1H3,(H,18,19)/b17-11+. The smallest absolute Gasteiger partial charge is 0.316 e. The number of nitrogens with zero attached hydrogens (tertiary/aromatic N) is 2. The van der Waals surface area contributed by atoms with Crippen LogP contribution in [0.1, 0.15) is 12.5 Å². The van der Waals surface area contributed by atoms with E-state index < -0.39 is 0 Å². The minimum atomic E-state index is 0.374. The monoisotopic (exact) mass is 281 g/mol. The molecule has 0 radical (unpaired) electrons. The SMILES string of the molecule is CCOc1ccc(/C=N/Nc2nc3ccccc3o2)cc1. The number of para-hydroxylation sites is 2. The molecule has 0 saturated heterocycles. The van der Waals surface area contributed by atoms with E-state index in [1.165, 1.54) is 0 Å². The Labute approximate surface area is 122 Å². The Bertz CT molecular complexity index is 715. The molecule has 5 heteroatoms. The van der Waals surface area contributed by atoms with Crippen LogP contribution in [0.2, 0.25) is 0 Å². The fourth-order valence-corrected chi connectivity index (χ4v) is 1.90. The van der Waals surface area contributed by atoms with E-state index in [1.807, 2.05) is 55.5 Å². The highest BCUT2D eigenvalue weighted by atomic mass is 16.5. The van der Waals surface area contributed by atoms with Crippen molar-refractivity contribution < 1.29 is 9.15 Å². The van der Waals surface area contributed by atoms with Gasteiger partial charge in [0.15, 0.2) is 5.58 Å². The molecule has 0 saturated carbocycles. The lowest BCUT2D eigenvalue weighted by Crippen LogP contribution is -1.92. The van der Waals surface area contributed by atoms with Gasteiger partial charge in [-0.15, -0.1) is 0 Å². The molecule has 2 aromatic carbocycles. The molecule has 1 aromatic heterocycles. The Kier molecular flexibility index (Phi) is 3.82. The van der Waals surface area contributed by atoms with Gasteiger partial charge in [-0.2, -0.15) is 10.1 Å². The molecule has 5 nitrogen and oxygen atoms in total. The van der Waals surface area contributed by atoms with E-state index in [9.17, 15) is 0 Å². The summed E-state index contributed by atoms with van der Waals surface area (Å²) in [6.45, 7) is 2.62. The molecule has 1 heterocycles. The second kappa shape index (κ2) is 6.09. The van der Waals surface area contributed by atoms with Gasteiger partial charge in [0, 0.05) is 0 Å². The maximum absolute atomic E-state index is 5.50. The van der Waals surface area contributed by atoms with Gasteiger partial charge in [0.2, 0.25) is 0 Å². The Morgan fingerprint density at radius 2 is 2.00 bits per heavy atom. The van der Waals surface area contributed by atoms with Gasteiger partial charge in [0.25, 0.3) is 0 Å².